The fourth-order valence-electron chi connectivity index (χ4n) is 3.49. The molecule has 0 unspecified atom stereocenters. The molecule has 0 bridgehead atoms. The van der Waals surface area contributed by atoms with Crippen LogP contribution in [0.1, 0.15) is 25.7 Å². The van der Waals surface area contributed by atoms with Gasteiger partial charge >= 0.3 is 0 Å². The van der Waals surface area contributed by atoms with Gasteiger partial charge in [-0.15, -0.1) is 0 Å². The van der Waals surface area contributed by atoms with E-state index in [1.165, 1.54) is 0 Å². The third kappa shape index (κ3) is 3.45. The van der Waals surface area contributed by atoms with Gasteiger partial charge in [0.05, 0.1) is 24.2 Å². The number of para-hydroxylation sites is 2. The fraction of sp³-hybridized carbons (Fsp3) is 0.273. The van der Waals surface area contributed by atoms with Crippen LogP contribution in [0.15, 0.2) is 54.7 Å². The Bertz CT molecular complexity index is 1090. The molecule has 0 saturated heterocycles. The van der Waals surface area contributed by atoms with Crippen LogP contribution in [0.5, 0.6) is 5.75 Å². The van der Waals surface area contributed by atoms with Crippen molar-refractivity contribution in [2.24, 2.45) is 5.92 Å². The van der Waals surface area contributed by atoms with Crippen LogP contribution in [0, 0.1) is 5.92 Å². The summed E-state index contributed by atoms with van der Waals surface area (Å²) in [5.41, 5.74) is 2.88. The topological polar surface area (TPSA) is 71.9 Å². The molecule has 28 heavy (non-hydrogen) atoms. The van der Waals surface area contributed by atoms with E-state index < -0.39 is 0 Å². The van der Waals surface area contributed by atoms with Crippen LogP contribution in [-0.4, -0.2) is 27.6 Å². The van der Waals surface area contributed by atoms with Crippen LogP contribution in [0.2, 0.25) is 0 Å². The van der Waals surface area contributed by atoms with E-state index in [4.69, 9.17) is 4.74 Å². The second-order valence-corrected chi connectivity index (χ2v) is 7.30. The van der Waals surface area contributed by atoms with Gasteiger partial charge in [-0.3, -0.25) is 4.79 Å². The molecule has 0 spiro atoms. The number of hydrogen-bond acceptors (Lipinski definition) is 3. The summed E-state index contributed by atoms with van der Waals surface area (Å²) in [5, 5.41) is 4.19. The van der Waals surface area contributed by atoms with Gasteiger partial charge in [0, 0.05) is 17.1 Å². The number of fused-ring (bicyclic) bond motifs is 2. The van der Waals surface area contributed by atoms with E-state index in [0.717, 1.165) is 33.5 Å². The highest BCUT2D eigenvalue weighted by Gasteiger charge is 2.22. The highest BCUT2D eigenvalue weighted by atomic mass is 16.5. The Balaban J connectivity index is 1.54. The first-order chi connectivity index (χ1) is 13.5. The molecule has 0 radical (unpaired) electrons. The molecule has 1 amide bonds. The molecule has 2 aromatic carbocycles. The van der Waals surface area contributed by atoms with E-state index in [0.29, 0.717) is 0 Å². The number of H-pyrrole nitrogens is 1. The number of carbonyl (C=O) groups is 1. The molecular weight excluding hydrogens is 352 g/mol. The smallest absolute Gasteiger partial charge is 0.240 e. The van der Waals surface area contributed by atoms with Crippen LogP contribution >= 0.6 is 0 Å². The van der Waals surface area contributed by atoms with Crippen molar-refractivity contribution in [2.75, 3.05) is 7.11 Å². The van der Waals surface area contributed by atoms with Crippen LogP contribution in [0.3, 0.4) is 0 Å². The van der Waals surface area contributed by atoms with Gasteiger partial charge in [0.1, 0.15) is 18.1 Å². The van der Waals surface area contributed by atoms with E-state index in [1.807, 2.05) is 59.3 Å². The molecule has 2 aromatic heterocycles. The van der Waals surface area contributed by atoms with Crippen molar-refractivity contribution in [3.05, 3.63) is 60.6 Å². The third-order valence-electron chi connectivity index (χ3n) is 4.98. The van der Waals surface area contributed by atoms with Crippen molar-refractivity contribution in [3.63, 3.8) is 0 Å². The molecule has 0 aliphatic heterocycles. The van der Waals surface area contributed by atoms with E-state index in [9.17, 15) is 4.79 Å². The minimum absolute atomic E-state index is 0.0486. The van der Waals surface area contributed by atoms with Crippen molar-refractivity contribution >= 4 is 27.8 Å². The lowest BCUT2D eigenvalue weighted by Crippen LogP contribution is -2.34. The zero-order valence-electron chi connectivity index (χ0n) is 16.3. The molecule has 1 atom stereocenters. The van der Waals surface area contributed by atoms with Crippen molar-refractivity contribution in [3.8, 4) is 5.75 Å². The van der Waals surface area contributed by atoms with E-state index in [1.54, 1.807) is 7.11 Å². The molecule has 4 rings (SSSR count). The number of hydrogen-bond donors (Lipinski definition) is 2. The predicted molar refractivity (Wildman–Crippen MR) is 110 cm³/mol. The second-order valence-electron chi connectivity index (χ2n) is 7.30. The van der Waals surface area contributed by atoms with Crippen molar-refractivity contribution in [1.82, 2.24) is 19.9 Å². The normalized spacial score (nSPS) is 12.6. The Labute approximate surface area is 163 Å². The zero-order valence-corrected chi connectivity index (χ0v) is 16.3. The lowest BCUT2D eigenvalue weighted by atomic mass is 10.0. The van der Waals surface area contributed by atoms with E-state index in [-0.39, 0.29) is 24.4 Å². The summed E-state index contributed by atoms with van der Waals surface area (Å²) < 4.78 is 7.21. The quantitative estimate of drug-likeness (QED) is 0.533. The van der Waals surface area contributed by atoms with Crippen molar-refractivity contribution in [1.29, 1.82) is 0 Å². The molecule has 0 aliphatic rings. The van der Waals surface area contributed by atoms with E-state index >= 15 is 0 Å². The first-order valence-corrected chi connectivity index (χ1v) is 9.42. The number of rotatable bonds is 6. The zero-order chi connectivity index (χ0) is 19.7. The molecule has 4 aromatic rings. The maximum Gasteiger partial charge on any atom is 0.240 e. The number of ether oxygens (including phenoxy) is 1. The van der Waals surface area contributed by atoms with Gasteiger partial charge in [-0.25, -0.2) is 4.98 Å². The Morgan fingerprint density at radius 3 is 2.79 bits per heavy atom. The van der Waals surface area contributed by atoms with Crippen LogP contribution in [0.4, 0.5) is 0 Å². The van der Waals surface area contributed by atoms with E-state index in [2.05, 4.69) is 29.1 Å². The van der Waals surface area contributed by atoms with Crippen LogP contribution in [0.25, 0.3) is 21.9 Å². The fourth-order valence-corrected chi connectivity index (χ4v) is 3.49. The number of nitrogens with one attached hydrogen (secondary N) is 2. The Kier molecular flexibility index (Phi) is 4.77. The van der Waals surface area contributed by atoms with Gasteiger partial charge in [0.15, 0.2) is 0 Å². The van der Waals surface area contributed by atoms with Gasteiger partial charge in [0.25, 0.3) is 0 Å². The first-order valence-electron chi connectivity index (χ1n) is 9.42. The summed E-state index contributed by atoms with van der Waals surface area (Å²) >= 11 is 0. The average Bonchev–Trinajstić information content (AvgIpc) is 3.29. The predicted octanol–water partition coefficient (Wildman–Crippen LogP) is 4.04. The minimum atomic E-state index is -0.179. The number of imidazole rings is 1. The SMILES string of the molecule is COc1ccc2c(ccn2CC(=O)N[C@H](c2nc3ccccc3[nH]2)C(C)C)c1. The summed E-state index contributed by atoms with van der Waals surface area (Å²) in [7, 11) is 1.65. The Morgan fingerprint density at radius 2 is 2.04 bits per heavy atom. The molecule has 144 valence electrons. The largest absolute Gasteiger partial charge is 0.497 e. The number of benzene rings is 2. The lowest BCUT2D eigenvalue weighted by molar-refractivity contribution is -0.122. The van der Waals surface area contributed by atoms with Crippen LogP contribution < -0.4 is 10.1 Å². The molecule has 2 N–H and O–H groups in total. The maximum atomic E-state index is 12.8. The van der Waals surface area contributed by atoms with Crippen molar-refractivity contribution < 1.29 is 9.53 Å². The molecule has 0 aliphatic carbocycles. The molecule has 6 nitrogen and oxygen atoms in total. The summed E-state index contributed by atoms with van der Waals surface area (Å²) in [6.07, 6.45) is 1.93. The molecular formula is C22H24N4O2. The standard InChI is InChI=1S/C22H24N4O2/c1-14(2)21(22-23-17-6-4-5-7-18(17)24-22)25-20(27)13-26-11-10-15-12-16(28-3)8-9-19(15)26/h4-12,14,21H,13H2,1-3H3,(H,23,24)(H,25,27)/t21-/m0/s1. The summed E-state index contributed by atoms with van der Waals surface area (Å²) in [5.74, 6) is 1.74. The number of methoxy groups -OCH3 is 1. The monoisotopic (exact) mass is 376 g/mol. The van der Waals surface area contributed by atoms with Gasteiger partial charge < -0.3 is 19.6 Å². The molecule has 0 fully saturated rings. The molecule has 2 heterocycles. The number of amides is 1. The highest BCUT2D eigenvalue weighted by molar-refractivity contribution is 5.84. The lowest BCUT2D eigenvalue weighted by Gasteiger charge is -2.20. The number of aromatic nitrogens is 3. The Morgan fingerprint density at radius 1 is 1.21 bits per heavy atom. The number of nitrogens with zero attached hydrogens (tertiary/aromatic N) is 2. The summed E-state index contributed by atoms with van der Waals surface area (Å²) in [6, 6.07) is 15.5. The van der Waals surface area contributed by atoms with Gasteiger partial charge in [0.2, 0.25) is 5.91 Å². The van der Waals surface area contributed by atoms with Crippen LogP contribution in [-0.2, 0) is 11.3 Å². The second kappa shape index (κ2) is 7.38. The summed E-state index contributed by atoms with van der Waals surface area (Å²) in [6.45, 7) is 4.41. The van der Waals surface area contributed by atoms with Crippen molar-refractivity contribution in [2.45, 2.75) is 26.4 Å². The Hall–Kier alpha value is -3.28. The molecule has 0 saturated carbocycles. The third-order valence-corrected chi connectivity index (χ3v) is 4.98. The van der Waals surface area contributed by atoms with Gasteiger partial charge in [-0.1, -0.05) is 26.0 Å². The van der Waals surface area contributed by atoms with Gasteiger partial charge in [-0.2, -0.15) is 0 Å². The average molecular weight is 376 g/mol. The maximum absolute atomic E-state index is 12.8. The number of carbonyl (C=O) groups excluding carboxylic acids is 1. The number of aromatic amines is 1. The molecule has 6 heteroatoms. The first kappa shape index (κ1) is 18.1. The minimum Gasteiger partial charge on any atom is -0.497 e. The summed E-state index contributed by atoms with van der Waals surface area (Å²) in [4.78, 5) is 20.8. The highest BCUT2D eigenvalue weighted by Crippen LogP contribution is 2.24. The van der Waals surface area contributed by atoms with Gasteiger partial charge in [-0.05, 0) is 42.3 Å².